The number of hydrogen-bond acceptors (Lipinski definition) is 6. The van der Waals surface area contributed by atoms with E-state index < -0.39 is 0 Å². The molecule has 148 valence electrons. The van der Waals surface area contributed by atoms with Crippen molar-refractivity contribution in [2.75, 3.05) is 5.32 Å². The lowest BCUT2D eigenvalue weighted by Crippen LogP contribution is -2.06. The van der Waals surface area contributed by atoms with Crippen LogP contribution in [0.4, 0.5) is 11.5 Å². The van der Waals surface area contributed by atoms with Gasteiger partial charge in [0, 0.05) is 55.7 Å². The van der Waals surface area contributed by atoms with Gasteiger partial charge in [0.1, 0.15) is 5.69 Å². The van der Waals surface area contributed by atoms with Crippen LogP contribution < -0.4 is 5.32 Å². The topological polar surface area (TPSA) is 94.9 Å². The molecule has 30 heavy (non-hydrogen) atoms. The number of aromatic nitrogens is 7. The van der Waals surface area contributed by atoms with Gasteiger partial charge < -0.3 is 9.88 Å². The summed E-state index contributed by atoms with van der Waals surface area (Å²) in [5.41, 5.74) is 4.54. The number of carbonyl (C=O) groups is 1. The number of nitrogens with zero attached hydrogens (tertiary/aromatic N) is 7. The van der Waals surface area contributed by atoms with Gasteiger partial charge in [-0.25, -0.2) is 15.0 Å². The summed E-state index contributed by atoms with van der Waals surface area (Å²) in [6.45, 7) is 1.50. The number of rotatable bonds is 5. The third-order valence-electron chi connectivity index (χ3n) is 4.79. The summed E-state index contributed by atoms with van der Waals surface area (Å²) in [5, 5.41) is 7.52. The summed E-state index contributed by atoms with van der Waals surface area (Å²) >= 11 is 0. The van der Waals surface area contributed by atoms with E-state index in [1.54, 1.807) is 35.8 Å². The number of benzene rings is 1. The van der Waals surface area contributed by atoms with Gasteiger partial charge in [0.25, 0.3) is 0 Å². The third kappa shape index (κ3) is 3.12. The Hall–Kier alpha value is -4.27. The molecule has 1 N–H and O–H groups in total. The Bertz CT molecular complexity index is 1350. The van der Waals surface area contributed by atoms with E-state index in [0.717, 1.165) is 22.6 Å². The summed E-state index contributed by atoms with van der Waals surface area (Å²) < 4.78 is 5.51. The highest BCUT2D eigenvalue weighted by Crippen LogP contribution is 2.26. The van der Waals surface area contributed by atoms with E-state index in [0.29, 0.717) is 17.2 Å². The van der Waals surface area contributed by atoms with Gasteiger partial charge in [-0.2, -0.15) is 5.10 Å². The molecule has 0 aliphatic heterocycles. The largest absolute Gasteiger partial charge is 0.337 e. The first-order chi connectivity index (χ1) is 14.6. The van der Waals surface area contributed by atoms with E-state index in [-0.39, 0.29) is 5.78 Å². The Kier molecular flexibility index (Phi) is 4.13. The van der Waals surface area contributed by atoms with Crippen LogP contribution in [0.5, 0.6) is 0 Å². The second-order valence-corrected chi connectivity index (χ2v) is 6.91. The predicted molar refractivity (Wildman–Crippen MR) is 112 cm³/mol. The molecule has 9 heteroatoms. The molecule has 0 radical (unpaired) electrons. The van der Waals surface area contributed by atoms with Crippen LogP contribution in [0.2, 0.25) is 0 Å². The number of ketones is 1. The molecule has 1 aromatic carbocycles. The number of anilines is 2. The van der Waals surface area contributed by atoms with E-state index in [1.165, 1.54) is 6.92 Å². The lowest BCUT2D eigenvalue weighted by Gasteiger charge is -2.10. The van der Waals surface area contributed by atoms with Gasteiger partial charge in [-0.05, 0) is 24.3 Å². The molecule has 5 aromatic rings. The highest BCUT2D eigenvalue weighted by molar-refractivity contribution is 5.93. The molecular formula is C21H18N8O. The molecule has 0 fully saturated rings. The van der Waals surface area contributed by atoms with E-state index in [1.807, 2.05) is 52.7 Å². The van der Waals surface area contributed by atoms with Crippen LogP contribution >= 0.6 is 0 Å². The number of hydrogen-bond donors (Lipinski definition) is 1. The molecule has 9 nitrogen and oxygen atoms in total. The van der Waals surface area contributed by atoms with Crippen LogP contribution in [-0.2, 0) is 7.05 Å². The molecular weight excluding hydrogens is 380 g/mol. The number of Topliss-reactive ketones (excluding diaryl/α,β-unsaturated/α-hetero) is 1. The van der Waals surface area contributed by atoms with Gasteiger partial charge in [0.15, 0.2) is 17.2 Å². The molecule has 5 rings (SSSR count). The van der Waals surface area contributed by atoms with Crippen molar-refractivity contribution in [3.05, 3.63) is 73.5 Å². The monoisotopic (exact) mass is 398 g/mol. The van der Waals surface area contributed by atoms with Crippen molar-refractivity contribution >= 4 is 22.9 Å². The third-order valence-corrected chi connectivity index (χ3v) is 4.79. The van der Waals surface area contributed by atoms with Gasteiger partial charge >= 0.3 is 0 Å². The van der Waals surface area contributed by atoms with Crippen LogP contribution in [0, 0.1) is 0 Å². The minimum atomic E-state index is -0.124. The van der Waals surface area contributed by atoms with Crippen molar-refractivity contribution in [1.29, 1.82) is 0 Å². The fourth-order valence-corrected chi connectivity index (χ4v) is 3.27. The Morgan fingerprint density at radius 1 is 1.10 bits per heavy atom. The zero-order chi connectivity index (χ0) is 20.7. The standard InChI is InChI=1S/C21H18N8O/c1-14(30)18-12-29-19(15-9-24-27(2)11-15)10-23-21(29)20(26-18)25-16-3-5-17(6-4-16)28-8-7-22-13-28/h3-13H,1-2H3,(H,25,26). The lowest BCUT2D eigenvalue weighted by molar-refractivity contribution is 0.101. The molecule has 0 spiro atoms. The minimum absolute atomic E-state index is 0.124. The summed E-state index contributed by atoms with van der Waals surface area (Å²) in [6.07, 6.45) is 12.5. The maximum Gasteiger partial charge on any atom is 0.180 e. The zero-order valence-corrected chi connectivity index (χ0v) is 16.4. The van der Waals surface area contributed by atoms with Crippen LogP contribution in [0.3, 0.4) is 0 Å². The van der Waals surface area contributed by atoms with Crippen LogP contribution in [0.15, 0.2) is 67.8 Å². The Balaban J connectivity index is 1.56. The van der Waals surface area contributed by atoms with Crippen molar-refractivity contribution in [3.8, 4) is 16.9 Å². The van der Waals surface area contributed by atoms with Gasteiger partial charge in [0.05, 0.1) is 24.4 Å². The lowest BCUT2D eigenvalue weighted by atomic mass is 10.2. The number of fused-ring (bicyclic) bond motifs is 1. The fraction of sp³-hybridized carbons (Fsp3) is 0.0952. The highest BCUT2D eigenvalue weighted by Gasteiger charge is 2.16. The van der Waals surface area contributed by atoms with E-state index in [4.69, 9.17) is 0 Å². The zero-order valence-electron chi connectivity index (χ0n) is 16.4. The maximum atomic E-state index is 12.1. The Morgan fingerprint density at radius 2 is 1.93 bits per heavy atom. The molecule has 4 aromatic heterocycles. The van der Waals surface area contributed by atoms with Gasteiger partial charge in [-0.15, -0.1) is 0 Å². The molecule has 4 heterocycles. The van der Waals surface area contributed by atoms with Crippen LogP contribution in [0.25, 0.3) is 22.6 Å². The maximum absolute atomic E-state index is 12.1. The minimum Gasteiger partial charge on any atom is -0.337 e. The first kappa shape index (κ1) is 17.8. The number of carbonyl (C=O) groups excluding carboxylic acids is 1. The van der Waals surface area contributed by atoms with Crippen LogP contribution in [0.1, 0.15) is 17.4 Å². The first-order valence-corrected chi connectivity index (χ1v) is 9.32. The number of imidazole rings is 2. The molecule has 0 saturated heterocycles. The molecule has 0 saturated carbocycles. The van der Waals surface area contributed by atoms with E-state index >= 15 is 0 Å². The molecule has 0 bridgehead atoms. The molecule has 0 atom stereocenters. The van der Waals surface area contributed by atoms with Crippen molar-refractivity contribution in [1.82, 2.24) is 33.7 Å². The molecule has 0 aliphatic rings. The average Bonchev–Trinajstić information content (AvgIpc) is 3.49. The quantitative estimate of drug-likeness (QED) is 0.457. The summed E-state index contributed by atoms with van der Waals surface area (Å²) in [5.74, 6) is 0.384. The smallest absolute Gasteiger partial charge is 0.180 e. The second kappa shape index (κ2) is 6.96. The van der Waals surface area contributed by atoms with Crippen molar-refractivity contribution in [2.45, 2.75) is 6.92 Å². The predicted octanol–water partition coefficient (Wildman–Crippen LogP) is 3.26. The van der Waals surface area contributed by atoms with Crippen molar-refractivity contribution < 1.29 is 4.79 Å². The normalized spacial score (nSPS) is 11.1. The van der Waals surface area contributed by atoms with E-state index in [2.05, 4.69) is 25.4 Å². The Labute approximate surface area is 171 Å². The molecule has 0 amide bonds. The van der Waals surface area contributed by atoms with Crippen molar-refractivity contribution in [2.24, 2.45) is 7.05 Å². The average molecular weight is 398 g/mol. The van der Waals surface area contributed by atoms with E-state index in [9.17, 15) is 4.79 Å². The summed E-state index contributed by atoms with van der Waals surface area (Å²) in [6, 6.07) is 7.84. The van der Waals surface area contributed by atoms with Gasteiger partial charge in [0.2, 0.25) is 0 Å². The highest BCUT2D eigenvalue weighted by atomic mass is 16.1. The molecule has 0 aliphatic carbocycles. The second-order valence-electron chi connectivity index (χ2n) is 6.91. The number of nitrogens with one attached hydrogen (secondary N) is 1. The first-order valence-electron chi connectivity index (χ1n) is 9.32. The van der Waals surface area contributed by atoms with Crippen molar-refractivity contribution in [3.63, 3.8) is 0 Å². The SMILES string of the molecule is CC(=O)c1cn2c(-c3cnn(C)c3)cnc2c(Nc2ccc(-n3ccnc3)cc2)n1. The molecule has 0 unspecified atom stereocenters. The summed E-state index contributed by atoms with van der Waals surface area (Å²) in [4.78, 5) is 25.2. The fourth-order valence-electron chi connectivity index (χ4n) is 3.27. The van der Waals surface area contributed by atoms with Gasteiger partial charge in [-0.1, -0.05) is 0 Å². The van der Waals surface area contributed by atoms with Gasteiger partial charge in [-0.3, -0.25) is 13.9 Å². The summed E-state index contributed by atoms with van der Waals surface area (Å²) in [7, 11) is 1.86. The Morgan fingerprint density at radius 3 is 2.60 bits per heavy atom. The van der Waals surface area contributed by atoms with Crippen LogP contribution in [-0.4, -0.2) is 39.5 Å². The number of aryl methyl sites for hydroxylation is 1.